The Morgan fingerprint density at radius 3 is 2.73 bits per heavy atom. The van der Waals surface area contributed by atoms with Crippen LogP contribution in [0.3, 0.4) is 0 Å². The molecule has 3 nitrogen and oxygen atoms in total. The summed E-state index contributed by atoms with van der Waals surface area (Å²) in [6.07, 6.45) is 3.60. The van der Waals surface area contributed by atoms with Gasteiger partial charge in [0.2, 0.25) is 5.91 Å². The molecule has 4 heteroatoms. The van der Waals surface area contributed by atoms with Crippen LogP contribution < -0.4 is 5.32 Å². The van der Waals surface area contributed by atoms with E-state index in [9.17, 15) is 4.79 Å². The van der Waals surface area contributed by atoms with Gasteiger partial charge in [-0.2, -0.15) is 5.26 Å². The highest BCUT2D eigenvalue weighted by Gasteiger charge is 2.27. The average molecular weight is 316 g/mol. The zero-order valence-corrected chi connectivity index (χ0v) is 14.2. The summed E-state index contributed by atoms with van der Waals surface area (Å²) >= 11 is 1.62. The Morgan fingerprint density at radius 2 is 2.05 bits per heavy atom. The third kappa shape index (κ3) is 4.78. The number of nitrogens with zero attached hydrogens (tertiary/aromatic N) is 1. The number of amides is 1. The first-order chi connectivity index (χ1) is 10.6. The molecule has 0 saturated heterocycles. The molecule has 0 aromatic heterocycles. The fraction of sp³-hybridized carbons (Fsp3) is 0.556. The van der Waals surface area contributed by atoms with Crippen molar-refractivity contribution < 1.29 is 4.79 Å². The van der Waals surface area contributed by atoms with Crippen LogP contribution >= 0.6 is 11.8 Å². The van der Waals surface area contributed by atoms with Crippen molar-refractivity contribution in [3.05, 3.63) is 35.4 Å². The summed E-state index contributed by atoms with van der Waals surface area (Å²) < 4.78 is 0. The summed E-state index contributed by atoms with van der Waals surface area (Å²) in [4.78, 5) is 12.1. The predicted molar refractivity (Wildman–Crippen MR) is 91.4 cm³/mol. The lowest BCUT2D eigenvalue weighted by atomic mass is 9.78. The second-order valence-electron chi connectivity index (χ2n) is 6.24. The number of hydrogen-bond acceptors (Lipinski definition) is 3. The minimum atomic E-state index is 0.143. The fourth-order valence-electron chi connectivity index (χ4n) is 2.97. The maximum absolute atomic E-state index is 12.1. The number of carbonyl (C=O) groups excluding carboxylic acids is 1. The maximum atomic E-state index is 12.1. The topological polar surface area (TPSA) is 52.9 Å². The molecule has 3 atom stereocenters. The van der Waals surface area contributed by atoms with Crippen molar-refractivity contribution in [2.24, 2.45) is 11.8 Å². The van der Waals surface area contributed by atoms with Gasteiger partial charge in [0, 0.05) is 11.8 Å². The van der Waals surface area contributed by atoms with Crippen LogP contribution in [0.5, 0.6) is 0 Å². The Balaban J connectivity index is 1.72. The van der Waals surface area contributed by atoms with Crippen LogP contribution in [-0.4, -0.2) is 17.7 Å². The van der Waals surface area contributed by atoms with Gasteiger partial charge in [0.15, 0.2) is 0 Å². The lowest BCUT2D eigenvalue weighted by molar-refractivity contribution is -0.119. The molecule has 0 bridgehead atoms. The third-order valence-electron chi connectivity index (χ3n) is 4.64. The van der Waals surface area contributed by atoms with Gasteiger partial charge in [-0.15, -0.1) is 11.8 Å². The third-order valence-corrected chi connectivity index (χ3v) is 5.64. The zero-order valence-electron chi connectivity index (χ0n) is 13.3. The molecule has 22 heavy (non-hydrogen) atoms. The molecular weight excluding hydrogens is 292 g/mol. The summed E-state index contributed by atoms with van der Waals surface area (Å²) in [7, 11) is 0. The van der Waals surface area contributed by atoms with E-state index >= 15 is 0 Å². The first kappa shape index (κ1) is 16.9. The van der Waals surface area contributed by atoms with Crippen molar-refractivity contribution in [1.29, 1.82) is 5.26 Å². The predicted octanol–water partition coefficient (Wildman–Crippen LogP) is 3.73. The molecule has 1 aromatic carbocycles. The standard InChI is InChI=1S/C18H24N2OS/c1-13-4-3-5-17(14(13)2)20-18(21)12-22-11-16-8-6-15(10-19)7-9-16/h6-9,13-14,17H,3-5,11-12H2,1-2H3,(H,20,21). The molecule has 0 spiro atoms. The smallest absolute Gasteiger partial charge is 0.230 e. The van der Waals surface area contributed by atoms with Gasteiger partial charge in [-0.25, -0.2) is 0 Å². The van der Waals surface area contributed by atoms with E-state index in [0.29, 0.717) is 29.2 Å². The summed E-state index contributed by atoms with van der Waals surface area (Å²) in [5.74, 6) is 2.71. The Morgan fingerprint density at radius 1 is 1.32 bits per heavy atom. The summed E-state index contributed by atoms with van der Waals surface area (Å²) in [5.41, 5.74) is 1.82. The Kier molecular flexibility index (Phi) is 6.33. The number of benzene rings is 1. The Hall–Kier alpha value is -1.47. The second-order valence-corrected chi connectivity index (χ2v) is 7.23. The highest BCUT2D eigenvalue weighted by molar-refractivity contribution is 7.99. The monoisotopic (exact) mass is 316 g/mol. The molecule has 0 aliphatic heterocycles. The Labute approximate surface area is 137 Å². The number of nitriles is 1. The van der Waals surface area contributed by atoms with Crippen molar-refractivity contribution >= 4 is 17.7 Å². The van der Waals surface area contributed by atoms with E-state index in [1.165, 1.54) is 12.8 Å². The molecule has 1 aromatic rings. The van der Waals surface area contributed by atoms with Crippen LogP contribution in [0.1, 0.15) is 44.2 Å². The molecule has 1 aliphatic rings. The molecule has 1 aliphatic carbocycles. The van der Waals surface area contributed by atoms with E-state index < -0.39 is 0 Å². The number of carbonyl (C=O) groups is 1. The summed E-state index contributed by atoms with van der Waals surface area (Å²) in [5, 5.41) is 12.0. The summed E-state index contributed by atoms with van der Waals surface area (Å²) in [6, 6.07) is 10.00. The SMILES string of the molecule is CC1CCCC(NC(=O)CSCc2ccc(C#N)cc2)C1C. The molecule has 118 valence electrons. The molecule has 3 unspecified atom stereocenters. The van der Waals surface area contributed by atoms with Gasteiger partial charge < -0.3 is 5.32 Å². The van der Waals surface area contributed by atoms with Gasteiger partial charge in [0.1, 0.15) is 0 Å². The molecule has 1 amide bonds. The quantitative estimate of drug-likeness (QED) is 0.900. The van der Waals surface area contributed by atoms with Crippen LogP contribution in [-0.2, 0) is 10.5 Å². The van der Waals surface area contributed by atoms with Gasteiger partial charge >= 0.3 is 0 Å². The molecule has 0 radical (unpaired) electrons. The van der Waals surface area contributed by atoms with Crippen molar-refractivity contribution in [2.45, 2.75) is 44.9 Å². The summed E-state index contributed by atoms with van der Waals surface area (Å²) in [6.45, 7) is 4.53. The van der Waals surface area contributed by atoms with E-state index in [1.54, 1.807) is 11.8 Å². The van der Waals surface area contributed by atoms with Crippen molar-refractivity contribution in [3.63, 3.8) is 0 Å². The van der Waals surface area contributed by atoms with Crippen LogP contribution in [0, 0.1) is 23.2 Å². The first-order valence-electron chi connectivity index (χ1n) is 7.96. The average Bonchev–Trinajstić information content (AvgIpc) is 2.52. The van der Waals surface area contributed by atoms with E-state index in [2.05, 4.69) is 25.2 Å². The van der Waals surface area contributed by atoms with Gasteiger partial charge in [-0.05, 0) is 36.0 Å². The lowest BCUT2D eigenvalue weighted by Gasteiger charge is -2.34. The minimum absolute atomic E-state index is 0.143. The van der Waals surface area contributed by atoms with Crippen LogP contribution in [0.4, 0.5) is 0 Å². The molecule has 1 N–H and O–H groups in total. The van der Waals surface area contributed by atoms with Crippen LogP contribution in [0.2, 0.25) is 0 Å². The number of hydrogen-bond donors (Lipinski definition) is 1. The zero-order chi connectivity index (χ0) is 15.9. The van der Waals surface area contributed by atoms with Crippen LogP contribution in [0.15, 0.2) is 24.3 Å². The molecule has 1 fully saturated rings. The van der Waals surface area contributed by atoms with E-state index in [1.807, 2.05) is 24.3 Å². The molecular formula is C18H24N2OS. The second kappa shape index (κ2) is 8.24. The van der Waals surface area contributed by atoms with E-state index in [-0.39, 0.29) is 5.91 Å². The fourth-order valence-corrected chi connectivity index (χ4v) is 3.77. The highest BCUT2D eigenvalue weighted by atomic mass is 32.2. The van der Waals surface area contributed by atoms with E-state index in [4.69, 9.17) is 5.26 Å². The molecule has 1 saturated carbocycles. The number of rotatable bonds is 5. The first-order valence-corrected chi connectivity index (χ1v) is 9.11. The molecule has 2 rings (SSSR count). The van der Waals surface area contributed by atoms with Crippen molar-refractivity contribution in [3.8, 4) is 6.07 Å². The highest BCUT2D eigenvalue weighted by Crippen LogP contribution is 2.29. The Bertz CT molecular complexity index is 535. The lowest BCUT2D eigenvalue weighted by Crippen LogP contribution is -2.44. The maximum Gasteiger partial charge on any atom is 0.230 e. The van der Waals surface area contributed by atoms with Gasteiger partial charge in [0.25, 0.3) is 0 Å². The largest absolute Gasteiger partial charge is 0.352 e. The van der Waals surface area contributed by atoms with Crippen molar-refractivity contribution in [2.75, 3.05) is 5.75 Å². The minimum Gasteiger partial charge on any atom is -0.352 e. The van der Waals surface area contributed by atoms with Gasteiger partial charge in [-0.3, -0.25) is 4.79 Å². The molecule has 0 heterocycles. The van der Waals surface area contributed by atoms with Gasteiger partial charge in [-0.1, -0.05) is 38.8 Å². The van der Waals surface area contributed by atoms with Gasteiger partial charge in [0.05, 0.1) is 17.4 Å². The van der Waals surface area contributed by atoms with Crippen LogP contribution in [0.25, 0.3) is 0 Å². The van der Waals surface area contributed by atoms with Crippen molar-refractivity contribution in [1.82, 2.24) is 5.32 Å². The normalized spacial score (nSPS) is 24.5. The number of thioether (sulfide) groups is 1. The number of nitrogens with one attached hydrogen (secondary N) is 1. The van der Waals surface area contributed by atoms with E-state index in [0.717, 1.165) is 17.7 Å².